The van der Waals surface area contributed by atoms with Crippen molar-refractivity contribution < 1.29 is 0 Å². The highest BCUT2D eigenvalue weighted by Gasteiger charge is 1.82. The second-order valence-corrected chi connectivity index (χ2v) is 2.06. The van der Waals surface area contributed by atoms with Crippen molar-refractivity contribution in [3.05, 3.63) is 49.6 Å². The van der Waals surface area contributed by atoms with E-state index in [2.05, 4.69) is 25.8 Å². The van der Waals surface area contributed by atoms with Gasteiger partial charge in [0.15, 0.2) is 0 Å². The Morgan fingerprint density at radius 3 is 2.50 bits per heavy atom. The minimum atomic E-state index is 0.994. The largest absolute Gasteiger partial charge is 0.0991 e. The Balaban J connectivity index is 3.36. The SMILES string of the molecule is C=CC=CCCC(=C)C=C. The summed E-state index contributed by atoms with van der Waals surface area (Å²) in [6.07, 6.45) is 9.60. The molecule has 0 unspecified atom stereocenters. The van der Waals surface area contributed by atoms with Gasteiger partial charge in [0.05, 0.1) is 0 Å². The minimum Gasteiger partial charge on any atom is -0.0991 e. The van der Waals surface area contributed by atoms with E-state index in [4.69, 9.17) is 0 Å². The van der Waals surface area contributed by atoms with E-state index in [0.29, 0.717) is 0 Å². The molecule has 0 aromatic carbocycles. The molecule has 0 heteroatoms. The van der Waals surface area contributed by atoms with Crippen LogP contribution in [0.4, 0.5) is 0 Å². The highest BCUT2D eigenvalue weighted by molar-refractivity contribution is 5.11. The van der Waals surface area contributed by atoms with Gasteiger partial charge in [-0.05, 0) is 12.8 Å². The first-order chi connectivity index (χ1) is 4.81. The van der Waals surface area contributed by atoms with Crippen LogP contribution in [0, 0.1) is 0 Å². The quantitative estimate of drug-likeness (QED) is 0.506. The summed E-state index contributed by atoms with van der Waals surface area (Å²) in [6, 6.07) is 0. The van der Waals surface area contributed by atoms with E-state index in [1.165, 1.54) is 0 Å². The Morgan fingerprint density at radius 1 is 1.30 bits per heavy atom. The van der Waals surface area contributed by atoms with Crippen molar-refractivity contribution in [1.82, 2.24) is 0 Å². The molecule has 0 heterocycles. The number of hydrogen-bond donors (Lipinski definition) is 0. The van der Waals surface area contributed by atoms with Crippen LogP contribution in [0.25, 0.3) is 0 Å². The van der Waals surface area contributed by atoms with Gasteiger partial charge in [-0.3, -0.25) is 0 Å². The summed E-state index contributed by atoms with van der Waals surface area (Å²) in [6.45, 7) is 11.0. The smallest absolute Gasteiger partial charge is 0.0250 e. The lowest BCUT2D eigenvalue weighted by Crippen LogP contribution is -1.72. The fraction of sp³-hybridized carbons (Fsp3) is 0.200. The normalized spacial score (nSPS) is 9.60. The molecule has 0 bridgehead atoms. The first-order valence-electron chi connectivity index (χ1n) is 3.39. The van der Waals surface area contributed by atoms with Crippen LogP contribution in [-0.4, -0.2) is 0 Å². The van der Waals surface area contributed by atoms with Crippen molar-refractivity contribution in [3.63, 3.8) is 0 Å². The summed E-state index contributed by atoms with van der Waals surface area (Å²) in [5, 5.41) is 0. The standard InChI is InChI=1S/C10H14/c1-4-6-7-8-9-10(3)5-2/h4-7H,1-3,8-9H2. The maximum atomic E-state index is 3.79. The molecule has 0 N–H and O–H groups in total. The third-order valence-corrected chi connectivity index (χ3v) is 1.19. The van der Waals surface area contributed by atoms with E-state index >= 15 is 0 Å². The molecule has 0 atom stereocenters. The van der Waals surface area contributed by atoms with Gasteiger partial charge >= 0.3 is 0 Å². The molecule has 0 amide bonds. The molecule has 0 rings (SSSR count). The summed E-state index contributed by atoms with van der Waals surface area (Å²) in [7, 11) is 0. The van der Waals surface area contributed by atoms with Crippen molar-refractivity contribution in [1.29, 1.82) is 0 Å². The molecule has 0 nitrogen and oxygen atoms in total. The van der Waals surface area contributed by atoms with Crippen LogP contribution in [0.1, 0.15) is 12.8 Å². The molecular weight excluding hydrogens is 120 g/mol. The van der Waals surface area contributed by atoms with Crippen molar-refractivity contribution in [2.45, 2.75) is 12.8 Å². The van der Waals surface area contributed by atoms with Crippen LogP contribution in [0.2, 0.25) is 0 Å². The average Bonchev–Trinajstić information content (AvgIpc) is 1.98. The second kappa shape index (κ2) is 6.09. The molecule has 0 aliphatic rings. The molecule has 0 fully saturated rings. The molecule has 0 aromatic rings. The number of allylic oxidation sites excluding steroid dienone is 5. The van der Waals surface area contributed by atoms with E-state index in [1.807, 2.05) is 6.08 Å². The number of hydrogen-bond acceptors (Lipinski definition) is 0. The molecule has 0 aromatic heterocycles. The molecule has 0 aliphatic carbocycles. The zero-order valence-electron chi connectivity index (χ0n) is 6.34. The van der Waals surface area contributed by atoms with Crippen LogP contribution in [0.3, 0.4) is 0 Å². The Labute approximate surface area is 63.3 Å². The summed E-state index contributed by atoms with van der Waals surface area (Å²) in [5.74, 6) is 0. The van der Waals surface area contributed by atoms with Crippen LogP contribution >= 0.6 is 0 Å². The summed E-state index contributed by atoms with van der Waals surface area (Å²) in [4.78, 5) is 0. The molecule has 0 spiro atoms. The lowest BCUT2D eigenvalue weighted by Gasteiger charge is -1.92. The summed E-state index contributed by atoms with van der Waals surface area (Å²) in [5.41, 5.74) is 1.09. The van der Waals surface area contributed by atoms with Gasteiger partial charge in [0.1, 0.15) is 0 Å². The maximum absolute atomic E-state index is 3.79. The zero-order valence-corrected chi connectivity index (χ0v) is 6.34. The lowest BCUT2D eigenvalue weighted by molar-refractivity contribution is 1.01. The van der Waals surface area contributed by atoms with Crippen molar-refractivity contribution in [2.75, 3.05) is 0 Å². The Bertz CT molecular complexity index is 149. The highest BCUT2D eigenvalue weighted by Crippen LogP contribution is 2.02. The van der Waals surface area contributed by atoms with Gasteiger partial charge in [0.2, 0.25) is 0 Å². The van der Waals surface area contributed by atoms with Gasteiger partial charge in [-0.25, -0.2) is 0 Å². The highest BCUT2D eigenvalue weighted by atomic mass is 13.9. The fourth-order valence-corrected chi connectivity index (χ4v) is 0.563. The third-order valence-electron chi connectivity index (χ3n) is 1.19. The predicted molar refractivity (Wildman–Crippen MR) is 47.9 cm³/mol. The molecular formula is C10H14. The zero-order chi connectivity index (χ0) is 7.82. The van der Waals surface area contributed by atoms with E-state index in [9.17, 15) is 0 Å². The van der Waals surface area contributed by atoms with Crippen molar-refractivity contribution >= 4 is 0 Å². The van der Waals surface area contributed by atoms with Crippen molar-refractivity contribution in [3.8, 4) is 0 Å². The summed E-state index contributed by atoms with van der Waals surface area (Å²) >= 11 is 0. The van der Waals surface area contributed by atoms with Gasteiger partial charge in [-0.15, -0.1) is 0 Å². The third kappa shape index (κ3) is 5.10. The van der Waals surface area contributed by atoms with Crippen LogP contribution in [-0.2, 0) is 0 Å². The fourth-order valence-electron chi connectivity index (χ4n) is 0.563. The maximum Gasteiger partial charge on any atom is -0.0250 e. The molecule has 0 aliphatic heterocycles. The van der Waals surface area contributed by atoms with Crippen LogP contribution in [0.15, 0.2) is 49.6 Å². The average molecular weight is 134 g/mol. The van der Waals surface area contributed by atoms with E-state index in [1.54, 1.807) is 12.2 Å². The van der Waals surface area contributed by atoms with Gasteiger partial charge < -0.3 is 0 Å². The Morgan fingerprint density at radius 2 is 2.00 bits per heavy atom. The molecule has 0 saturated carbocycles. The first-order valence-corrected chi connectivity index (χ1v) is 3.39. The second-order valence-electron chi connectivity index (χ2n) is 2.06. The molecule has 54 valence electrons. The van der Waals surface area contributed by atoms with Crippen LogP contribution < -0.4 is 0 Å². The number of rotatable bonds is 5. The monoisotopic (exact) mass is 134 g/mol. The van der Waals surface area contributed by atoms with Crippen molar-refractivity contribution in [2.24, 2.45) is 0 Å². The topological polar surface area (TPSA) is 0 Å². The predicted octanol–water partition coefficient (Wildman–Crippen LogP) is 3.25. The van der Waals surface area contributed by atoms with Gasteiger partial charge in [0.25, 0.3) is 0 Å². The molecule has 0 saturated heterocycles. The minimum absolute atomic E-state index is 0.994. The van der Waals surface area contributed by atoms with Gasteiger partial charge in [-0.2, -0.15) is 0 Å². The van der Waals surface area contributed by atoms with E-state index < -0.39 is 0 Å². The molecule has 0 radical (unpaired) electrons. The van der Waals surface area contributed by atoms with E-state index in [-0.39, 0.29) is 0 Å². The van der Waals surface area contributed by atoms with Gasteiger partial charge in [-0.1, -0.05) is 49.6 Å². The Hall–Kier alpha value is -1.04. The lowest BCUT2D eigenvalue weighted by atomic mass is 10.1. The summed E-state index contributed by atoms with van der Waals surface area (Å²) < 4.78 is 0. The van der Waals surface area contributed by atoms with E-state index in [0.717, 1.165) is 18.4 Å². The van der Waals surface area contributed by atoms with Crippen LogP contribution in [0.5, 0.6) is 0 Å². The Kier molecular flexibility index (Phi) is 5.45. The first kappa shape index (κ1) is 8.96. The molecule has 10 heavy (non-hydrogen) atoms. The van der Waals surface area contributed by atoms with Gasteiger partial charge in [0, 0.05) is 0 Å².